The lowest BCUT2D eigenvalue weighted by Gasteiger charge is -2.23. The minimum Gasteiger partial charge on any atom is -0.481 e. The van der Waals surface area contributed by atoms with E-state index >= 15 is 0 Å². The number of carbonyl (C=O) groups excluding carboxylic acids is 3. The summed E-state index contributed by atoms with van der Waals surface area (Å²) in [5.41, 5.74) is 7.44. The first kappa shape index (κ1) is 30.2. The number of rotatable bonds is 15. The molecule has 0 bridgehead atoms. The second-order valence-electron chi connectivity index (χ2n) is 8.49. The molecular formula is C23H27N5O11. The first-order valence-electron chi connectivity index (χ1n) is 11.4. The van der Waals surface area contributed by atoms with Crippen LogP contribution in [0.25, 0.3) is 10.9 Å². The van der Waals surface area contributed by atoms with Crippen LogP contribution in [0.15, 0.2) is 30.5 Å². The van der Waals surface area contributed by atoms with Gasteiger partial charge in [0.05, 0.1) is 25.3 Å². The quantitative estimate of drug-likeness (QED) is 0.117. The van der Waals surface area contributed by atoms with Crippen molar-refractivity contribution in [2.45, 2.75) is 49.9 Å². The van der Waals surface area contributed by atoms with Gasteiger partial charge in [0, 0.05) is 17.1 Å². The lowest BCUT2D eigenvalue weighted by molar-refractivity contribution is -0.148. The summed E-state index contributed by atoms with van der Waals surface area (Å²) in [6.07, 6.45) is -1.41. The Morgan fingerprint density at radius 1 is 0.718 bits per heavy atom. The molecule has 0 saturated heterocycles. The molecule has 16 nitrogen and oxygen atoms in total. The Hall–Kier alpha value is -4.99. The van der Waals surface area contributed by atoms with Gasteiger partial charge in [0.15, 0.2) is 0 Å². The number of H-pyrrole nitrogens is 1. The molecule has 10 N–H and O–H groups in total. The number of hydrogen-bond acceptors (Lipinski definition) is 8. The van der Waals surface area contributed by atoms with Crippen LogP contribution in [-0.2, 0) is 40.0 Å². The molecule has 0 fully saturated rings. The third-order valence-corrected chi connectivity index (χ3v) is 5.47. The van der Waals surface area contributed by atoms with Gasteiger partial charge in [-0.3, -0.25) is 28.8 Å². The number of aliphatic carboxylic acids is 4. The molecule has 210 valence electrons. The highest BCUT2D eigenvalue weighted by molar-refractivity contribution is 5.97. The standard InChI is InChI=1S/C23H27N5O11/c24-12(5-10-9-25-13-4-2-1-3-11(10)13)20(35)26-14(6-17(29)30)21(36)27-15(7-18(31)32)22(37)28-16(23(38)39)8-19(33)34/h1-4,9,12,14-16,25H,5-8,24H2,(H,26,35)(H,27,36)(H,28,37)(H,29,30)(H,31,32)(H,33,34)(H,38,39)/t12-,14-,15-,16-/m0/s1. The highest BCUT2D eigenvalue weighted by atomic mass is 16.4. The predicted molar refractivity (Wildman–Crippen MR) is 130 cm³/mol. The SMILES string of the molecule is N[C@@H](Cc1c[nH]c2ccccc12)C(=O)N[C@@H](CC(=O)O)C(=O)N[C@@H](CC(=O)O)C(=O)N[C@@H](CC(=O)O)C(=O)O. The Balaban J connectivity index is 2.15. The molecule has 0 spiro atoms. The molecule has 2 rings (SSSR count). The fourth-order valence-corrected chi connectivity index (χ4v) is 3.60. The van der Waals surface area contributed by atoms with Gasteiger partial charge in [-0.2, -0.15) is 0 Å². The summed E-state index contributed by atoms with van der Waals surface area (Å²) in [5, 5.41) is 43.0. The molecule has 0 aliphatic rings. The van der Waals surface area contributed by atoms with Crippen molar-refractivity contribution in [1.82, 2.24) is 20.9 Å². The number of nitrogens with one attached hydrogen (secondary N) is 4. The summed E-state index contributed by atoms with van der Waals surface area (Å²) in [6.45, 7) is 0. The molecule has 39 heavy (non-hydrogen) atoms. The summed E-state index contributed by atoms with van der Waals surface area (Å²) < 4.78 is 0. The Labute approximate surface area is 219 Å². The molecule has 1 heterocycles. The molecule has 2 aromatic rings. The normalized spacial score (nSPS) is 13.9. The number of hydrogen-bond donors (Lipinski definition) is 9. The average molecular weight is 549 g/mol. The molecule has 0 radical (unpaired) electrons. The summed E-state index contributed by atoms with van der Waals surface area (Å²) >= 11 is 0. The number of carboxylic acid groups (broad SMARTS) is 4. The fourth-order valence-electron chi connectivity index (χ4n) is 3.60. The molecule has 1 aromatic heterocycles. The second kappa shape index (κ2) is 13.5. The van der Waals surface area contributed by atoms with Crippen molar-refractivity contribution >= 4 is 52.5 Å². The van der Waals surface area contributed by atoms with Gasteiger partial charge in [0.1, 0.15) is 18.1 Å². The molecule has 1 aromatic carbocycles. The smallest absolute Gasteiger partial charge is 0.326 e. The zero-order chi connectivity index (χ0) is 29.3. The molecule has 4 atom stereocenters. The van der Waals surface area contributed by atoms with Crippen LogP contribution in [0.1, 0.15) is 24.8 Å². The highest BCUT2D eigenvalue weighted by Gasteiger charge is 2.33. The molecule has 3 amide bonds. The Kier molecular flexibility index (Phi) is 10.5. The number of para-hydroxylation sites is 1. The summed E-state index contributed by atoms with van der Waals surface area (Å²) in [7, 11) is 0. The molecular weight excluding hydrogens is 522 g/mol. The van der Waals surface area contributed by atoms with Crippen molar-refractivity contribution in [3.63, 3.8) is 0 Å². The predicted octanol–water partition coefficient (Wildman–Crippen LogP) is -2.00. The lowest BCUT2D eigenvalue weighted by atomic mass is 10.0. The summed E-state index contributed by atoms with van der Waals surface area (Å²) in [6, 6.07) is 0.298. The van der Waals surface area contributed by atoms with E-state index in [0.717, 1.165) is 10.9 Å². The van der Waals surface area contributed by atoms with Gasteiger partial charge in [0.25, 0.3) is 0 Å². The van der Waals surface area contributed by atoms with Crippen LogP contribution in [0.4, 0.5) is 0 Å². The first-order chi connectivity index (χ1) is 18.3. The number of carbonyl (C=O) groups is 7. The molecule has 0 saturated carbocycles. The van der Waals surface area contributed by atoms with Crippen molar-refractivity contribution in [3.05, 3.63) is 36.0 Å². The lowest BCUT2D eigenvalue weighted by Crippen LogP contribution is -2.58. The number of aromatic nitrogens is 1. The van der Waals surface area contributed by atoms with Gasteiger partial charge in [-0.25, -0.2) is 4.79 Å². The van der Waals surface area contributed by atoms with Crippen LogP contribution in [0, 0.1) is 0 Å². The monoisotopic (exact) mass is 549 g/mol. The Morgan fingerprint density at radius 2 is 1.18 bits per heavy atom. The van der Waals surface area contributed by atoms with Gasteiger partial charge in [0.2, 0.25) is 17.7 Å². The number of amides is 3. The van der Waals surface area contributed by atoms with E-state index in [1.54, 1.807) is 24.4 Å². The topological polar surface area (TPSA) is 278 Å². The van der Waals surface area contributed by atoms with E-state index in [1.165, 1.54) is 0 Å². The number of carboxylic acids is 4. The first-order valence-corrected chi connectivity index (χ1v) is 11.4. The third-order valence-electron chi connectivity index (χ3n) is 5.47. The minimum absolute atomic E-state index is 0.0153. The maximum atomic E-state index is 12.8. The zero-order valence-electron chi connectivity index (χ0n) is 20.2. The van der Waals surface area contributed by atoms with Gasteiger partial charge in [-0.1, -0.05) is 18.2 Å². The van der Waals surface area contributed by atoms with E-state index in [9.17, 15) is 38.7 Å². The van der Waals surface area contributed by atoms with Crippen molar-refractivity contribution in [1.29, 1.82) is 0 Å². The third kappa shape index (κ3) is 9.12. The van der Waals surface area contributed by atoms with Crippen LogP contribution in [0.2, 0.25) is 0 Å². The molecule has 0 aliphatic carbocycles. The molecule has 0 unspecified atom stereocenters. The van der Waals surface area contributed by atoms with Crippen molar-refractivity contribution in [2.75, 3.05) is 0 Å². The maximum Gasteiger partial charge on any atom is 0.326 e. The van der Waals surface area contributed by atoms with Crippen LogP contribution in [0.3, 0.4) is 0 Å². The summed E-state index contributed by atoms with van der Waals surface area (Å²) in [4.78, 5) is 85.7. The van der Waals surface area contributed by atoms with Gasteiger partial charge >= 0.3 is 23.9 Å². The van der Waals surface area contributed by atoms with E-state index in [4.69, 9.17) is 21.1 Å². The number of aromatic amines is 1. The van der Waals surface area contributed by atoms with E-state index in [-0.39, 0.29) is 6.42 Å². The van der Waals surface area contributed by atoms with Crippen LogP contribution < -0.4 is 21.7 Å². The molecule has 16 heteroatoms. The van der Waals surface area contributed by atoms with E-state index in [1.807, 2.05) is 16.7 Å². The maximum absolute atomic E-state index is 12.8. The van der Waals surface area contributed by atoms with E-state index in [0.29, 0.717) is 5.56 Å². The van der Waals surface area contributed by atoms with Crippen LogP contribution in [-0.4, -0.2) is 91.2 Å². The zero-order valence-corrected chi connectivity index (χ0v) is 20.2. The van der Waals surface area contributed by atoms with Crippen LogP contribution in [0.5, 0.6) is 0 Å². The largest absolute Gasteiger partial charge is 0.481 e. The van der Waals surface area contributed by atoms with Crippen molar-refractivity contribution in [3.8, 4) is 0 Å². The number of benzene rings is 1. The summed E-state index contributed by atoms with van der Waals surface area (Å²) in [5.74, 6) is -9.95. The van der Waals surface area contributed by atoms with Crippen molar-refractivity contribution in [2.24, 2.45) is 5.73 Å². The van der Waals surface area contributed by atoms with Crippen molar-refractivity contribution < 1.29 is 54.0 Å². The van der Waals surface area contributed by atoms with Gasteiger partial charge in [-0.15, -0.1) is 0 Å². The molecule has 0 aliphatic heterocycles. The van der Waals surface area contributed by atoms with Crippen LogP contribution >= 0.6 is 0 Å². The Bertz CT molecular complexity index is 1270. The van der Waals surface area contributed by atoms with Gasteiger partial charge in [-0.05, 0) is 18.1 Å². The highest BCUT2D eigenvalue weighted by Crippen LogP contribution is 2.18. The number of fused-ring (bicyclic) bond motifs is 1. The van der Waals surface area contributed by atoms with E-state index in [2.05, 4.69) is 10.3 Å². The van der Waals surface area contributed by atoms with Gasteiger partial charge < -0.3 is 47.1 Å². The second-order valence-corrected chi connectivity index (χ2v) is 8.49. The fraction of sp³-hybridized carbons (Fsp3) is 0.348. The average Bonchev–Trinajstić information content (AvgIpc) is 3.24. The number of nitrogens with two attached hydrogens (primary N) is 1. The Morgan fingerprint density at radius 3 is 1.69 bits per heavy atom. The van der Waals surface area contributed by atoms with E-state index < -0.39 is 85.0 Å². The minimum atomic E-state index is -1.94.